The van der Waals surface area contributed by atoms with Gasteiger partial charge in [0.1, 0.15) is 6.61 Å². The Morgan fingerprint density at radius 2 is 1.52 bits per heavy atom. The minimum absolute atomic E-state index is 0.0991. The third-order valence-electron chi connectivity index (χ3n) is 4.21. The number of ether oxygens (including phenoxy) is 2. The molecule has 2 aliphatic rings. The molecule has 23 heavy (non-hydrogen) atoms. The van der Waals surface area contributed by atoms with Crippen LogP contribution < -0.4 is 0 Å². The molecule has 0 spiro atoms. The van der Waals surface area contributed by atoms with Crippen molar-refractivity contribution in [2.24, 2.45) is 10.8 Å². The number of aliphatic carboxylic acids is 2. The number of hydrogen-bond acceptors (Lipinski definition) is 4. The van der Waals surface area contributed by atoms with Crippen molar-refractivity contribution in [3.63, 3.8) is 0 Å². The smallest absolute Gasteiger partial charge is 0.313 e. The molecular formula is C17H26O6. The Balaban J connectivity index is 0.000000446. The van der Waals surface area contributed by atoms with Gasteiger partial charge in [0.05, 0.1) is 17.1 Å². The summed E-state index contributed by atoms with van der Waals surface area (Å²) in [6, 6.07) is 0. The van der Waals surface area contributed by atoms with Crippen molar-refractivity contribution in [3.8, 4) is 0 Å². The molecule has 2 aliphatic heterocycles. The predicted octanol–water partition coefficient (Wildman–Crippen LogP) is 2.85. The van der Waals surface area contributed by atoms with Gasteiger partial charge in [-0.25, -0.2) is 0 Å². The summed E-state index contributed by atoms with van der Waals surface area (Å²) in [4.78, 5) is 22.6. The monoisotopic (exact) mass is 326 g/mol. The van der Waals surface area contributed by atoms with E-state index in [9.17, 15) is 19.8 Å². The molecule has 2 N–H and O–H groups in total. The van der Waals surface area contributed by atoms with E-state index in [4.69, 9.17) is 9.47 Å². The maximum atomic E-state index is 11.3. The van der Waals surface area contributed by atoms with E-state index in [2.05, 4.69) is 0 Å². The highest BCUT2D eigenvalue weighted by atomic mass is 16.5. The van der Waals surface area contributed by atoms with Crippen LogP contribution in [0.25, 0.3) is 0 Å². The van der Waals surface area contributed by atoms with E-state index < -0.39 is 22.8 Å². The van der Waals surface area contributed by atoms with Crippen molar-refractivity contribution < 1.29 is 29.3 Å². The van der Waals surface area contributed by atoms with E-state index in [1.54, 1.807) is 27.7 Å². The van der Waals surface area contributed by atoms with Crippen LogP contribution in [0.4, 0.5) is 0 Å². The third-order valence-corrected chi connectivity index (χ3v) is 4.21. The van der Waals surface area contributed by atoms with Crippen LogP contribution in [0.3, 0.4) is 0 Å². The molecule has 0 aromatic carbocycles. The molecule has 2 heterocycles. The van der Waals surface area contributed by atoms with E-state index in [1.807, 2.05) is 0 Å². The normalized spacial score (nSPS) is 18.1. The Kier molecular flexibility index (Phi) is 6.38. The summed E-state index contributed by atoms with van der Waals surface area (Å²) >= 11 is 0. The van der Waals surface area contributed by atoms with Crippen molar-refractivity contribution in [2.45, 2.75) is 40.5 Å². The van der Waals surface area contributed by atoms with Gasteiger partial charge in [-0.3, -0.25) is 9.59 Å². The van der Waals surface area contributed by atoms with Crippen molar-refractivity contribution >= 4 is 11.9 Å². The fourth-order valence-corrected chi connectivity index (χ4v) is 2.28. The molecular weight excluding hydrogens is 300 g/mol. The van der Waals surface area contributed by atoms with Gasteiger partial charge >= 0.3 is 11.9 Å². The Bertz CT molecular complexity index is 502. The minimum Gasteiger partial charge on any atom is -0.497 e. The zero-order valence-corrected chi connectivity index (χ0v) is 14.2. The van der Waals surface area contributed by atoms with Gasteiger partial charge in [-0.15, -0.1) is 0 Å². The van der Waals surface area contributed by atoms with Gasteiger partial charge < -0.3 is 19.7 Å². The largest absolute Gasteiger partial charge is 0.497 e. The zero-order chi connectivity index (χ0) is 17.7. The second-order valence-electron chi connectivity index (χ2n) is 6.69. The second kappa shape index (κ2) is 7.64. The van der Waals surface area contributed by atoms with Gasteiger partial charge in [0.15, 0.2) is 0 Å². The lowest BCUT2D eigenvalue weighted by Gasteiger charge is -2.33. The van der Waals surface area contributed by atoms with Gasteiger partial charge in [-0.1, -0.05) is 0 Å². The number of carboxylic acid groups (broad SMARTS) is 2. The highest BCUT2D eigenvalue weighted by Gasteiger charge is 2.41. The Hall–Kier alpha value is -1.82. The molecule has 1 saturated heterocycles. The first-order valence-electron chi connectivity index (χ1n) is 7.68. The summed E-state index contributed by atoms with van der Waals surface area (Å²) in [5.41, 5.74) is -1.33. The van der Waals surface area contributed by atoms with Crippen molar-refractivity contribution in [2.75, 3.05) is 19.8 Å². The molecule has 0 saturated carbocycles. The average molecular weight is 326 g/mol. The highest BCUT2D eigenvalue weighted by Crippen LogP contribution is 2.40. The highest BCUT2D eigenvalue weighted by molar-refractivity contribution is 5.82. The molecule has 2 rings (SSSR count). The van der Waals surface area contributed by atoms with Crippen LogP contribution in [0, 0.1) is 10.8 Å². The van der Waals surface area contributed by atoms with Gasteiger partial charge in [0, 0.05) is 13.2 Å². The quantitative estimate of drug-likeness (QED) is 0.825. The van der Waals surface area contributed by atoms with Crippen LogP contribution in [-0.4, -0.2) is 42.0 Å². The van der Waals surface area contributed by atoms with E-state index in [0.29, 0.717) is 11.1 Å². The molecule has 6 nitrogen and oxygen atoms in total. The SMILES string of the molecule is C1CCOC1.CC(C)(C(=O)O)C1=C(C(C)(C)C(=O)O)COC=C1. The topological polar surface area (TPSA) is 93.1 Å². The van der Waals surface area contributed by atoms with Crippen LogP contribution in [0.2, 0.25) is 0 Å². The summed E-state index contributed by atoms with van der Waals surface area (Å²) < 4.78 is 10.1. The number of carbonyl (C=O) groups is 2. The molecule has 0 unspecified atom stereocenters. The summed E-state index contributed by atoms with van der Waals surface area (Å²) in [6.45, 7) is 8.30. The maximum absolute atomic E-state index is 11.3. The summed E-state index contributed by atoms with van der Waals surface area (Å²) in [7, 11) is 0. The lowest BCUT2D eigenvalue weighted by molar-refractivity contribution is -0.147. The first-order chi connectivity index (χ1) is 10.6. The number of carboxylic acids is 2. The molecule has 130 valence electrons. The summed E-state index contributed by atoms with van der Waals surface area (Å²) in [6.07, 6.45) is 5.50. The first-order valence-corrected chi connectivity index (χ1v) is 7.68. The van der Waals surface area contributed by atoms with E-state index >= 15 is 0 Å². The predicted molar refractivity (Wildman–Crippen MR) is 85.0 cm³/mol. The van der Waals surface area contributed by atoms with Crippen LogP contribution >= 0.6 is 0 Å². The van der Waals surface area contributed by atoms with Crippen molar-refractivity contribution in [1.29, 1.82) is 0 Å². The number of allylic oxidation sites excluding steroid dienone is 1. The Morgan fingerprint density at radius 1 is 1.00 bits per heavy atom. The standard InChI is InChI=1S/C13H18O5.C4H8O/c1-12(2,10(14)15)8-5-6-18-7-9(8)13(3,4)11(16)17;1-2-4-5-3-1/h5-6H,7H2,1-4H3,(H,14,15)(H,16,17);1-4H2. The fourth-order valence-electron chi connectivity index (χ4n) is 2.28. The Labute approximate surface area is 136 Å². The lowest BCUT2D eigenvalue weighted by Crippen LogP contribution is -2.35. The summed E-state index contributed by atoms with van der Waals surface area (Å²) in [5.74, 6) is -2.00. The molecule has 0 aliphatic carbocycles. The molecule has 6 heteroatoms. The average Bonchev–Trinajstić information content (AvgIpc) is 3.06. The van der Waals surface area contributed by atoms with Gasteiger partial charge in [0.2, 0.25) is 0 Å². The van der Waals surface area contributed by atoms with Crippen LogP contribution in [0.15, 0.2) is 23.5 Å². The van der Waals surface area contributed by atoms with Gasteiger partial charge in [-0.2, -0.15) is 0 Å². The summed E-state index contributed by atoms with van der Waals surface area (Å²) in [5, 5.41) is 18.5. The van der Waals surface area contributed by atoms with Crippen molar-refractivity contribution in [1.82, 2.24) is 0 Å². The first kappa shape index (κ1) is 19.2. The molecule has 0 aromatic rings. The minimum atomic E-state index is -1.16. The van der Waals surface area contributed by atoms with Crippen LogP contribution in [0.1, 0.15) is 40.5 Å². The van der Waals surface area contributed by atoms with Gasteiger partial charge in [0.25, 0.3) is 0 Å². The molecule has 0 aromatic heterocycles. The second-order valence-corrected chi connectivity index (χ2v) is 6.69. The van der Waals surface area contributed by atoms with E-state index in [1.165, 1.54) is 25.2 Å². The van der Waals surface area contributed by atoms with Crippen LogP contribution in [-0.2, 0) is 19.1 Å². The lowest BCUT2D eigenvalue weighted by atomic mass is 9.73. The van der Waals surface area contributed by atoms with Crippen molar-refractivity contribution in [3.05, 3.63) is 23.5 Å². The Morgan fingerprint density at radius 3 is 1.91 bits per heavy atom. The third kappa shape index (κ3) is 4.58. The van der Waals surface area contributed by atoms with Crippen LogP contribution in [0.5, 0.6) is 0 Å². The maximum Gasteiger partial charge on any atom is 0.313 e. The van der Waals surface area contributed by atoms with Gasteiger partial charge in [-0.05, 0) is 57.8 Å². The fraction of sp³-hybridized carbons (Fsp3) is 0.647. The zero-order valence-electron chi connectivity index (χ0n) is 14.2. The number of hydrogen-bond donors (Lipinski definition) is 2. The van der Waals surface area contributed by atoms with E-state index in [-0.39, 0.29) is 6.61 Å². The van der Waals surface area contributed by atoms with E-state index in [0.717, 1.165) is 13.2 Å². The molecule has 0 radical (unpaired) electrons. The molecule has 0 atom stereocenters. The molecule has 0 bridgehead atoms. The number of rotatable bonds is 4. The molecule has 1 fully saturated rings. The molecule has 0 amide bonds.